The molecule has 0 spiro atoms. The molecule has 0 aromatic heterocycles. The van der Waals surface area contributed by atoms with E-state index in [1.165, 1.54) is 0 Å². The van der Waals surface area contributed by atoms with Gasteiger partial charge in [0.15, 0.2) is 5.11 Å². The van der Waals surface area contributed by atoms with Gasteiger partial charge in [-0.2, -0.15) is 0 Å². The molecule has 0 radical (unpaired) electrons. The van der Waals surface area contributed by atoms with Gasteiger partial charge in [0.25, 0.3) is 5.91 Å². The maximum Gasteiger partial charge on any atom is 0.255 e. The average Bonchev–Trinajstić information content (AvgIpc) is 2.62. The molecule has 3 N–H and O–H groups in total. The first-order valence-corrected chi connectivity index (χ1v) is 8.86. The molecule has 0 bridgehead atoms. The second-order valence-electron chi connectivity index (χ2n) is 5.89. The van der Waals surface area contributed by atoms with Crippen molar-refractivity contribution in [2.45, 2.75) is 19.9 Å². The van der Waals surface area contributed by atoms with Crippen molar-refractivity contribution in [3.05, 3.63) is 71.4 Å². The molecule has 1 aliphatic rings. The van der Waals surface area contributed by atoms with Gasteiger partial charge in [-0.25, -0.2) is 0 Å². The number of ether oxygens (including phenoxy) is 1. The lowest BCUT2D eigenvalue weighted by molar-refractivity contribution is -0.113. The first kappa shape index (κ1) is 17.9. The van der Waals surface area contributed by atoms with Crippen molar-refractivity contribution in [1.29, 1.82) is 0 Å². The number of hydrogen-bond acceptors (Lipinski definition) is 3. The molecule has 0 saturated carbocycles. The molecule has 0 unspecified atom stereocenters. The number of anilines is 1. The lowest BCUT2D eigenvalue weighted by Crippen LogP contribution is -2.45. The molecule has 5 nitrogen and oxygen atoms in total. The molecule has 2 aromatic rings. The smallest absolute Gasteiger partial charge is 0.255 e. The predicted octanol–water partition coefficient (Wildman–Crippen LogP) is 3.52. The Morgan fingerprint density at radius 1 is 1.15 bits per heavy atom. The molecule has 2 aromatic carbocycles. The number of thiocarbonyl (C=S) groups is 1. The van der Waals surface area contributed by atoms with Crippen LogP contribution in [-0.4, -0.2) is 17.6 Å². The molecular formula is C20H21N3O2S. The van der Waals surface area contributed by atoms with Crippen LogP contribution in [0.5, 0.6) is 5.75 Å². The third-order valence-electron chi connectivity index (χ3n) is 4.07. The van der Waals surface area contributed by atoms with Crippen molar-refractivity contribution in [3.63, 3.8) is 0 Å². The van der Waals surface area contributed by atoms with E-state index in [2.05, 4.69) is 16.0 Å². The molecule has 1 aliphatic heterocycles. The van der Waals surface area contributed by atoms with Gasteiger partial charge >= 0.3 is 0 Å². The summed E-state index contributed by atoms with van der Waals surface area (Å²) in [6.45, 7) is 4.41. The van der Waals surface area contributed by atoms with Crippen molar-refractivity contribution in [2.75, 3.05) is 11.9 Å². The zero-order chi connectivity index (χ0) is 18.5. The van der Waals surface area contributed by atoms with Crippen molar-refractivity contribution in [3.8, 4) is 5.75 Å². The minimum atomic E-state index is -0.330. The minimum absolute atomic E-state index is 0.171. The van der Waals surface area contributed by atoms with Crippen LogP contribution in [0.15, 0.2) is 65.9 Å². The van der Waals surface area contributed by atoms with Crippen LogP contribution in [0.4, 0.5) is 5.69 Å². The van der Waals surface area contributed by atoms with Crippen molar-refractivity contribution in [1.82, 2.24) is 10.6 Å². The first-order valence-electron chi connectivity index (χ1n) is 8.46. The van der Waals surface area contributed by atoms with Crippen LogP contribution in [0.25, 0.3) is 0 Å². The molecule has 3 rings (SSSR count). The quantitative estimate of drug-likeness (QED) is 0.706. The standard InChI is InChI=1S/C20H21N3O2S/c1-3-25-16-11-9-14(10-12-16)18-17(13(2)21-20(26)23-18)19(24)22-15-7-5-4-6-8-15/h4-12,18H,3H2,1-2H3,(H,22,24)(H2,21,23,26)/t18-/m0/s1. The zero-order valence-electron chi connectivity index (χ0n) is 14.7. The summed E-state index contributed by atoms with van der Waals surface area (Å²) in [5.74, 6) is 0.624. The number of rotatable bonds is 5. The summed E-state index contributed by atoms with van der Waals surface area (Å²) in [6.07, 6.45) is 0. The first-order chi connectivity index (χ1) is 12.6. The lowest BCUT2D eigenvalue weighted by Gasteiger charge is -2.30. The molecule has 0 saturated heterocycles. The highest BCUT2D eigenvalue weighted by molar-refractivity contribution is 7.80. The largest absolute Gasteiger partial charge is 0.494 e. The maximum atomic E-state index is 12.9. The van der Waals surface area contributed by atoms with Gasteiger partial charge in [0.1, 0.15) is 5.75 Å². The molecule has 134 valence electrons. The molecule has 0 aliphatic carbocycles. The summed E-state index contributed by atoms with van der Waals surface area (Å²) in [7, 11) is 0. The van der Waals surface area contributed by atoms with Gasteiger partial charge < -0.3 is 20.7 Å². The number of nitrogens with one attached hydrogen (secondary N) is 3. The topological polar surface area (TPSA) is 62.4 Å². The fraction of sp³-hybridized carbons (Fsp3) is 0.200. The normalized spacial score (nSPS) is 16.5. The Morgan fingerprint density at radius 3 is 2.50 bits per heavy atom. The highest BCUT2D eigenvalue weighted by Crippen LogP contribution is 2.29. The highest BCUT2D eigenvalue weighted by atomic mass is 32.1. The van der Waals surface area contributed by atoms with Crippen LogP contribution in [0.2, 0.25) is 0 Å². The zero-order valence-corrected chi connectivity index (χ0v) is 15.5. The SMILES string of the molecule is CCOc1ccc([C@@H]2NC(=S)NC(C)=C2C(=O)Nc2ccccc2)cc1. The van der Waals surface area contributed by atoms with Crippen LogP contribution in [0.3, 0.4) is 0 Å². The number of amides is 1. The Bertz CT molecular complexity index is 832. The number of hydrogen-bond donors (Lipinski definition) is 3. The van der Waals surface area contributed by atoms with E-state index in [0.29, 0.717) is 17.3 Å². The van der Waals surface area contributed by atoms with Gasteiger partial charge in [0.05, 0.1) is 18.2 Å². The summed E-state index contributed by atoms with van der Waals surface area (Å²) < 4.78 is 5.49. The van der Waals surface area contributed by atoms with E-state index in [0.717, 1.165) is 22.7 Å². The second-order valence-corrected chi connectivity index (χ2v) is 6.30. The van der Waals surface area contributed by atoms with Gasteiger partial charge in [-0.1, -0.05) is 30.3 Å². The van der Waals surface area contributed by atoms with E-state index in [1.807, 2.05) is 68.4 Å². The lowest BCUT2D eigenvalue weighted by atomic mass is 9.95. The number of carbonyl (C=O) groups is 1. The number of allylic oxidation sites excluding steroid dienone is 1. The van der Waals surface area contributed by atoms with E-state index < -0.39 is 0 Å². The molecular weight excluding hydrogens is 346 g/mol. The molecule has 1 heterocycles. The molecule has 1 atom stereocenters. The van der Waals surface area contributed by atoms with Crippen LogP contribution in [0.1, 0.15) is 25.5 Å². The van der Waals surface area contributed by atoms with Crippen molar-refractivity contribution < 1.29 is 9.53 Å². The van der Waals surface area contributed by atoms with E-state index in [4.69, 9.17) is 17.0 Å². The summed E-state index contributed by atoms with van der Waals surface area (Å²) in [5.41, 5.74) is 3.03. The van der Waals surface area contributed by atoms with Gasteiger partial charge in [0, 0.05) is 11.4 Å². The van der Waals surface area contributed by atoms with Crippen molar-refractivity contribution in [2.24, 2.45) is 0 Å². The third kappa shape index (κ3) is 4.03. The Kier molecular flexibility index (Phi) is 5.53. The highest BCUT2D eigenvalue weighted by Gasteiger charge is 2.29. The monoisotopic (exact) mass is 367 g/mol. The Hall–Kier alpha value is -2.86. The summed E-state index contributed by atoms with van der Waals surface area (Å²) in [6, 6.07) is 16.7. The van der Waals surface area contributed by atoms with E-state index in [-0.39, 0.29) is 11.9 Å². The van der Waals surface area contributed by atoms with Crippen molar-refractivity contribution >= 4 is 28.9 Å². The number of benzene rings is 2. The second kappa shape index (κ2) is 8.01. The third-order valence-corrected chi connectivity index (χ3v) is 4.29. The van der Waals surface area contributed by atoms with E-state index in [1.54, 1.807) is 0 Å². The van der Waals surface area contributed by atoms with E-state index in [9.17, 15) is 4.79 Å². The number of para-hydroxylation sites is 1. The number of carbonyl (C=O) groups excluding carboxylic acids is 1. The molecule has 6 heteroatoms. The fourth-order valence-corrected chi connectivity index (χ4v) is 3.16. The van der Waals surface area contributed by atoms with Crippen LogP contribution < -0.4 is 20.7 Å². The predicted molar refractivity (Wildman–Crippen MR) is 107 cm³/mol. The summed E-state index contributed by atoms with van der Waals surface area (Å²) >= 11 is 5.28. The van der Waals surface area contributed by atoms with Crippen LogP contribution in [-0.2, 0) is 4.79 Å². The summed E-state index contributed by atoms with van der Waals surface area (Å²) in [5, 5.41) is 9.68. The van der Waals surface area contributed by atoms with Gasteiger partial charge in [-0.15, -0.1) is 0 Å². The van der Waals surface area contributed by atoms with Crippen LogP contribution >= 0.6 is 12.2 Å². The molecule has 26 heavy (non-hydrogen) atoms. The Morgan fingerprint density at radius 2 is 1.85 bits per heavy atom. The van der Waals surface area contributed by atoms with Gasteiger partial charge in [-0.05, 0) is 55.9 Å². The Balaban J connectivity index is 1.90. The summed E-state index contributed by atoms with van der Waals surface area (Å²) in [4.78, 5) is 12.9. The molecule has 0 fully saturated rings. The minimum Gasteiger partial charge on any atom is -0.494 e. The van der Waals surface area contributed by atoms with E-state index >= 15 is 0 Å². The molecule has 1 amide bonds. The Labute approximate surface area is 158 Å². The van der Waals surface area contributed by atoms with Gasteiger partial charge in [-0.3, -0.25) is 4.79 Å². The average molecular weight is 367 g/mol. The van der Waals surface area contributed by atoms with Gasteiger partial charge in [0.2, 0.25) is 0 Å². The maximum absolute atomic E-state index is 12.9. The fourth-order valence-electron chi connectivity index (χ4n) is 2.89. The van der Waals surface area contributed by atoms with Crippen LogP contribution in [0, 0.1) is 0 Å².